The van der Waals surface area contributed by atoms with E-state index in [0.717, 1.165) is 23.0 Å². The van der Waals surface area contributed by atoms with Crippen LogP contribution in [0.3, 0.4) is 0 Å². The van der Waals surface area contributed by atoms with Gasteiger partial charge in [-0.1, -0.05) is 12.1 Å². The largest absolute Gasteiger partial charge is 0.378 e. The van der Waals surface area contributed by atoms with Crippen molar-refractivity contribution in [2.75, 3.05) is 19.0 Å². The van der Waals surface area contributed by atoms with E-state index in [0.29, 0.717) is 15.6 Å². The molecule has 28 heavy (non-hydrogen) atoms. The van der Waals surface area contributed by atoms with Crippen LogP contribution in [0.1, 0.15) is 11.1 Å². The molecule has 0 spiro atoms. The molecule has 1 N–H and O–H groups in total. The quantitative estimate of drug-likeness (QED) is 0.362. The lowest BCUT2D eigenvalue weighted by Gasteiger charge is -2.11. The van der Waals surface area contributed by atoms with Crippen LogP contribution in [-0.4, -0.2) is 36.3 Å². The summed E-state index contributed by atoms with van der Waals surface area (Å²) in [5.41, 5.74) is 2.67. The van der Waals surface area contributed by atoms with Gasteiger partial charge < -0.3 is 4.90 Å². The summed E-state index contributed by atoms with van der Waals surface area (Å²) in [6.45, 7) is 0. The molecule has 1 fully saturated rings. The third kappa shape index (κ3) is 4.83. The third-order valence-electron chi connectivity index (χ3n) is 3.82. The maximum Gasteiger partial charge on any atom is 0.269 e. The highest BCUT2D eigenvalue weighted by Gasteiger charge is 2.23. The average molecular weight is 395 g/mol. The fourth-order valence-corrected chi connectivity index (χ4v) is 3.10. The lowest BCUT2D eigenvalue weighted by Crippen LogP contribution is -2.19. The van der Waals surface area contributed by atoms with Crippen LogP contribution in [0.25, 0.3) is 6.08 Å². The van der Waals surface area contributed by atoms with Crippen molar-refractivity contribution in [2.45, 2.75) is 0 Å². The minimum atomic E-state index is -0.467. The van der Waals surface area contributed by atoms with Crippen molar-refractivity contribution in [1.29, 1.82) is 0 Å². The number of rotatable bonds is 5. The lowest BCUT2D eigenvalue weighted by atomic mass is 10.2. The number of hydrogen-bond acceptors (Lipinski definition) is 7. The summed E-state index contributed by atoms with van der Waals surface area (Å²) in [5.74, 6) is -0.285. The van der Waals surface area contributed by atoms with Gasteiger partial charge in [0.25, 0.3) is 11.6 Å². The van der Waals surface area contributed by atoms with Crippen LogP contribution in [0.5, 0.6) is 0 Å². The first-order valence-corrected chi connectivity index (χ1v) is 9.08. The van der Waals surface area contributed by atoms with Gasteiger partial charge in [0, 0.05) is 31.9 Å². The van der Waals surface area contributed by atoms with Crippen LogP contribution in [0, 0.1) is 10.1 Å². The number of carbonyl (C=O) groups excluding carboxylic acids is 1. The van der Waals surface area contributed by atoms with E-state index < -0.39 is 4.92 Å². The number of amides is 1. The van der Waals surface area contributed by atoms with Crippen molar-refractivity contribution in [3.8, 4) is 0 Å². The Bertz CT molecular complexity index is 980. The number of amidine groups is 1. The second kappa shape index (κ2) is 8.49. The predicted octanol–water partition coefficient (Wildman–Crippen LogP) is 3.25. The molecule has 8 nitrogen and oxygen atoms in total. The number of hydrogen-bond donors (Lipinski definition) is 1. The molecule has 1 heterocycles. The van der Waals surface area contributed by atoms with Crippen molar-refractivity contribution in [2.24, 2.45) is 10.2 Å². The van der Waals surface area contributed by atoms with Gasteiger partial charge in [0.2, 0.25) is 0 Å². The van der Waals surface area contributed by atoms with E-state index in [1.165, 1.54) is 12.1 Å². The van der Waals surface area contributed by atoms with Crippen LogP contribution in [-0.2, 0) is 4.79 Å². The van der Waals surface area contributed by atoms with Crippen LogP contribution in [0.4, 0.5) is 11.4 Å². The molecule has 0 bridgehead atoms. The predicted molar refractivity (Wildman–Crippen MR) is 113 cm³/mol. The van der Waals surface area contributed by atoms with E-state index in [1.807, 2.05) is 43.3 Å². The Balaban J connectivity index is 1.66. The number of nitro benzene ring substituents is 1. The summed E-state index contributed by atoms with van der Waals surface area (Å²) < 4.78 is 0. The number of thioether (sulfide) groups is 1. The Labute approximate surface area is 165 Å². The number of carbonyl (C=O) groups is 1. The molecule has 1 aliphatic heterocycles. The summed E-state index contributed by atoms with van der Waals surface area (Å²) in [5, 5.41) is 21.8. The van der Waals surface area contributed by atoms with Crippen molar-refractivity contribution in [3.63, 3.8) is 0 Å². The number of nitrogens with zero attached hydrogens (tertiary/aromatic N) is 4. The molecule has 0 atom stereocenters. The Morgan fingerprint density at radius 3 is 2.32 bits per heavy atom. The highest BCUT2D eigenvalue weighted by molar-refractivity contribution is 8.18. The van der Waals surface area contributed by atoms with Gasteiger partial charge in [-0.15, -0.1) is 5.10 Å². The molecule has 0 saturated carbocycles. The standard InChI is InChI=1S/C19H17N5O3S/c1-23(2)15-7-5-14(6-8-15)12-20-22-19-21-18(25)17(28-19)11-13-3-9-16(10-4-13)24(26)27/h3-12H,1-2H3,(H,21,22,25)/b17-11-,20-12+. The number of nitrogens with one attached hydrogen (secondary N) is 1. The van der Waals surface area contributed by atoms with E-state index in [4.69, 9.17) is 0 Å². The minimum absolute atomic E-state index is 0.000814. The second-order valence-corrected chi connectivity index (χ2v) is 7.08. The molecule has 1 saturated heterocycles. The normalized spacial score (nSPS) is 16.7. The molecular weight excluding hydrogens is 378 g/mol. The molecule has 0 unspecified atom stereocenters. The van der Waals surface area contributed by atoms with E-state index in [-0.39, 0.29) is 11.6 Å². The highest BCUT2D eigenvalue weighted by atomic mass is 32.2. The van der Waals surface area contributed by atoms with Crippen molar-refractivity contribution >= 4 is 46.5 Å². The molecule has 0 aromatic heterocycles. The highest BCUT2D eigenvalue weighted by Crippen LogP contribution is 2.26. The molecule has 1 amide bonds. The van der Waals surface area contributed by atoms with Gasteiger partial charge in [0.05, 0.1) is 16.0 Å². The molecule has 0 aliphatic carbocycles. The molecule has 3 rings (SSSR count). The molecule has 9 heteroatoms. The van der Waals surface area contributed by atoms with E-state index in [9.17, 15) is 14.9 Å². The number of anilines is 1. The Morgan fingerprint density at radius 2 is 1.71 bits per heavy atom. The van der Waals surface area contributed by atoms with Gasteiger partial charge >= 0.3 is 0 Å². The lowest BCUT2D eigenvalue weighted by molar-refractivity contribution is -0.384. The zero-order chi connectivity index (χ0) is 20.1. The Kier molecular flexibility index (Phi) is 5.85. The van der Waals surface area contributed by atoms with Crippen molar-refractivity contribution in [1.82, 2.24) is 5.32 Å². The van der Waals surface area contributed by atoms with E-state index in [2.05, 4.69) is 15.5 Å². The summed E-state index contributed by atoms with van der Waals surface area (Å²) in [7, 11) is 3.94. The van der Waals surface area contributed by atoms with Crippen LogP contribution < -0.4 is 10.2 Å². The number of nitro groups is 1. The van der Waals surface area contributed by atoms with Gasteiger partial charge in [-0.2, -0.15) is 5.10 Å². The van der Waals surface area contributed by atoms with E-state index >= 15 is 0 Å². The minimum Gasteiger partial charge on any atom is -0.378 e. The maximum absolute atomic E-state index is 12.1. The maximum atomic E-state index is 12.1. The molecule has 2 aromatic carbocycles. The summed E-state index contributed by atoms with van der Waals surface area (Å²) >= 11 is 1.16. The van der Waals surface area contributed by atoms with Gasteiger partial charge in [-0.3, -0.25) is 20.2 Å². The molecule has 1 aliphatic rings. The monoisotopic (exact) mass is 395 g/mol. The zero-order valence-electron chi connectivity index (χ0n) is 15.2. The fourth-order valence-electron chi connectivity index (χ4n) is 2.33. The van der Waals surface area contributed by atoms with E-state index in [1.54, 1.807) is 24.4 Å². The second-order valence-electron chi connectivity index (χ2n) is 6.05. The van der Waals surface area contributed by atoms with Crippen LogP contribution in [0.2, 0.25) is 0 Å². The van der Waals surface area contributed by atoms with Crippen molar-refractivity contribution in [3.05, 3.63) is 74.7 Å². The summed E-state index contributed by atoms with van der Waals surface area (Å²) in [4.78, 5) is 24.7. The molecular formula is C19H17N5O3S. The third-order valence-corrected chi connectivity index (χ3v) is 4.72. The average Bonchev–Trinajstić information content (AvgIpc) is 3.02. The first-order valence-electron chi connectivity index (χ1n) is 8.26. The molecule has 0 radical (unpaired) electrons. The SMILES string of the molecule is CN(C)c1ccc(/C=N/N=C2NC(=O)/C(=C/c3ccc([N+](=O)[O-])cc3)S2)cc1. The smallest absolute Gasteiger partial charge is 0.269 e. The number of benzene rings is 2. The zero-order valence-corrected chi connectivity index (χ0v) is 16.0. The van der Waals surface area contributed by atoms with Gasteiger partial charge in [-0.25, -0.2) is 0 Å². The van der Waals surface area contributed by atoms with Gasteiger partial charge in [0.15, 0.2) is 5.17 Å². The summed E-state index contributed by atoms with van der Waals surface area (Å²) in [6, 6.07) is 13.8. The number of non-ortho nitro benzene ring substituents is 1. The summed E-state index contributed by atoms with van der Waals surface area (Å²) in [6.07, 6.45) is 3.26. The fraction of sp³-hybridized carbons (Fsp3) is 0.105. The Hall–Kier alpha value is -3.46. The van der Waals surface area contributed by atoms with Crippen LogP contribution in [0.15, 0.2) is 63.6 Å². The first-order chi connectivity index (χ1) is 13.4. The Morgan fingerprint density at radius 1 is 1.07 bits per heavy atom. The topological polar surface area (TPSA) is 100 Å². The van der Waals surface area contributed by atoms with Crippen LogP contribution >= 0.6 is 11.8 Å². The van der Waals surface area contributed by atoms with Gasteiger partial charge in [-0.05, 0) is 53.2 Å². The molecule has 2 aromatic rings. The van der Waals surface area contributed by atoms with Gasteiger partial charge in [0.1, 0.15) is 0 Å². The molecule has 142 valence electrons. The first kappa shape index (κ1) is 19.3. The van der Waals surface area contributed by atoms with Crippen molar-refractivity contribution < 1.29 is 9.72 Å².